The molecule has 1 fully saturated rings. The highest BCUT2D eigenvalue weighted by atomic mass is 32.2. The molecule has 2 heterocycles. The van der Waals surface area contributed by atoms with Gasteiger partial charge in [0.15, 0.2) is 11.6 Å². The summed E-state index contributed by atoms with van der Waals surface area (Å²) < 4.78 is 10.9. The number of para-hydroxylation sites is 1. The van der Waals surface area contributed by atoms with Crippen molar-refractivity contribution in [3.05, 3.63) is 47.4 Å². The third-order valence-corrected chi connectivity index (χ3v) is 6.93. The average molecular weight is 442 g/mol. The Kier molecular flexibility index (Phi) is 6.65. The molecule has 1 aromatic carbocycles. The molecule has 31 heavy (non-hydrogen) atoms. The number of anilines is 1. The summed E-state index contributed by atoms with van der Waals surface area (Å²) in [6, 6.07) is 9.35. The Morgan fingerprint density at radius 2 is 2.00 bits per heavy atom. The topological polar surface area (TPSA) is 88.6 Å². The first-order chi connectivity index (χ1) is 15.0. The maximum absolute atomic E-state index is 13.2. The molecule has 0 bridgehead atoms. The van der Waals surface area contributed by atoms with E-state index in [-0.39, 0.29) is 18.4 Å². The van der Waals surface area contributed by atoms with E-state index in [4.69, 9.17) is 8.94 Å². The standard InChI is InChI=1S/C23H27N3O4S/c1-15-12-20(25-30-15)24-21(27)13-26(2)23(28)22-18(14-31-16-8-4-3-5-9-16)17-10-6-7-11-19(17)29-22/h6-7,10-12,16H,3-5,8-9,13-14H2,1-2H3,(H,24,25,27). The summed E-state index contributed by atoms with van der Waals surface area (Å²) in [5, 5.41) is 7.97. The number of benzene rings is 1. The van der Waals surface area contributed by atoms with Crippen LogP contribution in [0.25, 0.3) is 11.0 Å². The zero-order chi connectivity index (χ0) is 21.8. The van der Waals surface area contributed by atoms with Crippen molar-refractivity contribution >= 4 is 40.4 Å². The second-order valence-corrected chi connectivity index (χ2v) is 9.30. The number of likely N-dealkylation sites (N-methyl/N-ethyl adjacent to an activating group) is 1. The van der Waals surface area contributed by atoms with Gasteiger partial charge in [0.05, 0.1) is 0 Å². The Bertz CT molecular complexity index is 1070. The van der Waals surface area contributed by atoms with E-state index in [9.17, 15) is 9.59 Å². The Morgan fingerprint density at radius 3 is 2.74 bits per heavy atom. The van der Waals surface area contributed by atoms with Gasteiger partial charge < -0.3 is 19.2 Å². The number of hydrogen-bond donors (Lipinski definition) is 1. The van der Waals surface area contributed by atoms with Crippen molar-refractivity contribution in [2.24, 2.45) is 0 Å². The average Bonchev–Trinajstić information content (AvgIpc) is 3.35. The lowest BCUT2D eigenvalue weighted by molar-refractivity contribution is -0.116. The quantitative estimate of drug-likeness (QED) is 0.555. The predicted molar refractivity (Wildman–Crippen MR) is 121 cm³/mol. The van der Waals surface area contributed by atoms with Crippen LogP contribution in [0.3, 0.4) is 0 Å². The van der Waals surface area contributed by atoms with E-state index >= 15 is 0 Å². The highest BCUT2D eigenvalue weighted by molar-refractivity contribution is 7.99. The van der Waals surface area contributed by atoms with E-state index in [1.165, 1.54) is 37.0 Å². The minimum atomic E-state index is -0.349. The van der Waals surface area contributed by atoms with Gasteiger partial charge in [-0.15, -0.1) is 0 Å². The molecule has 1 aliphatic carbocycles. The van der Waals surface area contributed by atoms with Crippen molar-refractivity contribution in [2.45, 2.75) is 50.0 Å². The first-order valence-corrected chi connectivity index (χ1v) is 11.7. The van der Waals surface area contributed by atoms with Crippen molar-refractivity contribution in [1.29, 1.82) is 0 Å². The second kappa shape index (κ2) is 9.60. The third kappa shape index (κ3) is 5.12. The van der Waals surface area contributed by atoms with E-state index < -0.39 is 0 Å². The number of carbonyl (C=O) groups excluding carboxylic acids is 2. The fourth-order valence-electron chi connectivity index (χ4n) is 3.92. The Balaban J connectivity index is 1.48. The molecule has 7 nitrogen and oxygen atoms in total. The summed E-state index contributed by atoms with van der Waals surface area (Å²) in [4.78, 5) is 26.9. The monoisotopic (exact) mass is 441 g/mol. The maximum atomic E-state index is 13.2. The third-order valence-electron chi connectivity index (χ3n) is 5.53. The number of aryl methyl sites for hydroxylation is 1. The Labute approximate surface area is 185 Å². The lowest BCUT2D eigenvalue weighted by Crippen LogP contribution is -2.35. The molecule has 1 saturated carbocycles. The van der Waals surface area contributed by atoms with Gasteiger partial charge in [-0.2, -0.15) is 11.8 Å². The molecule has 164 valence electrons. The molecule has 2 amide bonds. The predicted octanol–water partition coefficient (Wildman–Crippen LogP) is 5.01. The number of carbonyl (C=O) groups is 2. The molecule has 3 aromatic rings. The molecular formula is C23H27N3O4S. The van der Waals surface area contributed by atoms with Crippen LogP contribution >= 0.6 is 11.8 Å². The number of fused-ring (bicyclic) bond motifs is 1. The van der Waals surface area contributed by atoms with Gasteiger partial charge in [-0.05, 0) is 25.8 Å². The smallest absolute Gasteiger partial charge is 0.290 e. The molecule has 1 aliphatic rings. The van der Waals surface area contributed by atoms with Crippen LogP contribution in [0.15, 0.2) is 39.3 Å². The summed E-state index contributed by atoms with van der Waals surface area (Å²) in [6.45, 7) is 1.63. The zero-order valence-corrected chi connectivity index (χ0v) is 18.7. The number of aromatic nitrogens is 1. The van der Waals surface area contributed by atoms with Gasteiger partial charge in [-0.25, -0.2) is 0 Å². The number of nitrogens with zero attached hydrogens (tertiary/aromatic N) is 2. The first kappa shape index (κ1) is 21.5. The molecule has 2 aromatic heterocycles. The zero-order valence-electron chi connectivity index (χ0n) is 17.8. The molecule has 0 saturated heterocycles. The SMILES string of the molecule is Cc1cc(NC(=O)CN(C)C(=O)c2oc3ccccc3c2CSC2CCCCC2)no1. The molecule has 0 aliphatic heterocycles. The number of furan rings is 1. The number of rotatable bonds is 7. The molecular weight excluding hydrogens is 414 g/mol. The Hall–Kier alpha value is -2.74. The number of thioether (sulfide) groups is 1. The summed E-state index contributed by atoms with van der Waals surface area (Å²) in [7, 11) is 1.60. The van der Waals surface area contributed by atoms with Crippen LogP contribution in [0.4, 0.5) is 5.82 Å². The minimum Gasteiger partial charge on any atom is -0.451 e. The second-order valence-electron chi connectivity index (χ2n) is 8.01. The van der Waals surface area contributed by atoms with Crippen LogP contribution in [0.1, 0.15) is 54.0 Å². The van der Waals surface area contributed by atoms with E-state index in [1.54, 1.807) is 20.0 Å². The molecule has 0 radical (unpaired) electrons. The van der Waals surface area contributed by atoms with Gasteiger partial charge in [0.1, 0.15) is 17.9 Å². The lowest BCUT2D eigenvalue weighted by Gasteiger charge is -2.21. The summed E-state index contributed by atoms with van der Waals surface area (Å²) in [5.74, 6) is 1.32. The van der Waals surface area contributed by atoms with Crippen LogP contribution in [-0.4, -0.2) is 40.7 Å². The largest absolute Gasteiger partial charge is 0.451 e. The molecule has 4 rings (SSSR count). The highest BCUT2D eigenvalue weighted by Gasteiger charge is 2.26. The van der Waals surface area contributed by atoms with Gasteiger partial charge >= 0.3 is 0 Å². The Morgan fingerprint density at radius 1 is 1.23 bits per heavy atom. The van der Waals surface area contributed by atoms with Crippen LogP contribution < -0.4 is 5.32 Å². The molecule has 0 unspecified atom stereocenters. The summed E-state index contributed by atoms with van der Waals surface area (Å²) in [6.07, 6.45) is 6.32. The maximum Gasteiger partial charge on any atom is 0.290 e. The van der Waals surface area contributed by atoms with Gasteiger partial charge in [0, 0.05) is 35.1 Å². The van der Waals surface area contributed by atoms with Gasteiger partial charge in [-0.3, -0.25) is 9.59 Å². The van der Waals surface area contributed by atoms with E-state index in [0.29, 0.717) is 28.2 Å². The van der Waals surface area contributed by atoms with Crippen molar-refractivity contribution in [3.63, 3.8) is 0 Å². The van der Waals surface area contributed by atoms with Crippen LogP contribution in [-0.2, 0) is 10.5 Å². The number of hydrogen-bond acceptors (Lipinski definition) is 6. The molecule has 0 spiro atoms. The normalized spacial score (nSPS) is 14.6. The minimum absolute atomic E-state index is 0.114. The van der Waals surface area contributed by atoms with Crippen molar-refractivity contribution in [2.75, 3.05) is 18.9 Å². The van der Waals surface area contributed by atoms with Gasteiger partial charge in [0.25, 0.3) is 5.91 Å². The van der Waals surface area contributed by atoms with Crippen molar-refractivity contribution in [1.82, 2.24) is 10.1 Å². The van der Waals surface area contributed by atoms with Crippen LogP contribution in [0, 0.1) is 6.92 Å². The summed E-state index contributed by atoms with van der Waals surface area (Å²) >= 11 is 1.90. The van der Waals surface area contributed by atoms with Crippen molar-refractivity contribution in [3.8, 4) is 0 Å². The van der Waals surface area contributed by atoms with E-state index in [1.807, 2.05) is 36.0 Å². The molecule has 0 atom stereocenters. The summed E-state index contributed by atoms with van der Waals surface area (Å²) in [5.41, 5.74) is 1.61. The molecule has 8 heteroatoms. The van der Waals surface area contributed by atoms with Gasteiger partial charge in [0.2, 0.25) is 5.91 Å². The van der Waals surface area contributed by atoms with Crippen molar-refractivity contribution < 1.29 is 18.5 Å². The fraction of sp³-hybridized carbons (Fsp3) is 0.435. The van der Waals surface area contributed by atoms with Crippen LogP contribution in [0.5, 0.6) is 0 Å². The van der Waals surface area contributed by atoms with E-state index in [2.05, 4.69) is 10.5 Å². The van der Waals surface area contributed by atoms with Gasteiger partial charge in [-0.1, -0.05) is 42.6 Å². The fourth-order valence-corrected chi connectivity index (χ4v) is 5.27. The lowest BCUT2D eigenvalue weighted by atomic mass is 10.0. The van der Waals surface area contributed by atoms with Crippen LogP contribution in [0.2, 0.25) is 0 Å². The van der Waals surface area contributed by atoms with E-state index in [0.717, 1.165) is 16.7 Å². The number of nitrogens with one attached hydrogen (secondary N) is 1. The highest BCUT2D eigenvalue weighted by Crippen LogP contribution is 2.35. The molecule has 1 N–H and O–H groups in total. The number of amides is 2. The first-order valence-electron chi connectivity index (χ1n) is 10.6.